The zero-order valence-electron chi connectivity index (χ0n) is 9.45. The minimum atomic E-state index is 0.512. The van der Waals surface area contributed by atoms with Crippen molar-refractivity contribution >= 4 is 21.7 Å². The van der Waals surface area contributed by atoms with Gasteiger partial charge in [0, 0.05) is 15.6 Å². The van der Waals surface area contributed by atoms with Gasteiger partial charge in [0.15, 0.2) is 11.5 Å². The number of nitrogens with zero attached hydrogens (tertiary/aromatic N) is 1. The standard InChI is InChI=1S/C11H12BrN3O2/c1-16-9-3-6(7-5-14-15-11(7)13)8(12)4-10(9)17-2/h3-5H,1-2H3,(H3,13,14,15). The van der Waals surface area contributed by atoms with E-state index in [0.29, 0.717) is 17.3 Å². The summed E-state index contributed by atoms with van der Waals surface area (Å²) in [6, 6.07) is 3.69. The Morgan fingerprint density at radius 3 is 2.35 bits per heavy atom. The van der Waals surface area contributed by atoms with Crippen LogP contribution in [0.1, 0.15) is 0 Å². The van der Waals surface area contributed by atoms with Gasteiger partial charge >= 0.3 is 0 Å². The summed E-state index contributed by atoms with van der Waals surface area (Å²) in [7, 11) is 3.18. The number of methoxy groups -OCH3 is 2. The van der Waals surface area contributed by atoms with Gasteiger partial charge < -0.3 is 15.2 Å². The van der Waals surface area contributed by atoms with Crippen molar-refractivity contribution in [3.63, 3.8) is 0 Å². The van der Waals surface area contributed by atoms with Crippen LogP contribution in [0, 0.1) is 0 Å². The molecule has 0 amide bonds. The molecule has 3 N–H and O–H groups in total. The molecular weight excluding hydrogens is 286 g/mol. The zero-order chi connectivity index (χ0) is 12.4. The average molecular weight is 298 g/mol. The second-order valence-corrected chi connectivity index (χ2v) is 4.24. The van der Waals surface area contributed by atoms with Crippen LogP contribution in [0.4, 0.5) is 5.82 Å². The maximum Gasteiger partial charge on any atom is 0.161 e. The molecule has 0 aliphatic carbocycles. The summed E-state index contributed by atoms with van der Waals surface area (Å²) in [5.74, 6) is 1.81. The topological polar surface area (TPSA) is 73.2 Å². The summed E-state index contributed by atoms with van der Waals surface area (Å²) >= 11 is 3.47. The average Bonchev–Trinajstić information content (AvgIpc) is 2.75. The third kappa shape index (κ3) is 2.08. The molecule has 0 bridgehead atoms. The molecule has 0 aliphatic rings. The van der Waals surface area contributed by atoms with E-state index in [0.717, 1.165) is 15.6 Å². The first kappa shape index (κ1) is 11.8. The SMILES string of the molecule is COc1cc(Br)c(-c2cn[nH]c2N)cc1OC. The molecule has 1 heterocycles. The zero-order valence-corrected chi connectivity index (χ0v) is 11.0. The minimum Gasteiger partial charge on any atom is -0.493 e. The first-order chi connectivity index (χ1) is 8.17. The fraction of sp³-hybridized carbons (Fsp3) is 0.182. The van der Waals surface area contributed by atoms with Crippen LogP contribution in [-0.2, 0) is 0 Å². The van der Waals surface area contributed by atoms with E-state index < -0.39 is 0 Å². The van der Waals surface area contributed by atoms with Gasteiger partial charge in [-0.3, -0.25) is 5.10 Å². The molecule has 2 aromatic rings. The maximum absolute atomic E-state index is 5.79. The van der Waals surface area contributed by atoms with Crippen LogP contribution in [-0.4, -0.2) is 24.4 Å². The summed E-state index contributed by atoms with van der Waals surface area (Å²) in [4.78, 5) is 0. The van der Waals surface area contributed by atoms with E-state index in [9.17, 15) is 0 Å². The Hall–Kier alpha value is -1.69. The minimum absolute atomic E-state index is 0.512. The second-order valence-electron chi connectivity index (χ2n) is 3.38. The van der Waals surface area contributed by atoms with Gasteiger partial charge in [0.1, 0.15) is 5.82 Å². The first-order valence-corrected chi connectivity index (χ1v) is 5.67. The summed E-state index contributed by atoms with van der Waals surface area (Å²) < 4.78 is 11.3. The predicted molar refractivity (Wildman–Crippen MR) is 69.2 cm³/mol. The third-order valence-electron chi connectivity index (χ3n) is 2.43. The van der Waals surface area contributed by atoms with Crippen molar-refractivity contribution < 1.29 is 9.47 Å². The molecule has 5 nitrogen and oxygen atoms in total. The summed E-state index contributed by atoms with van der Waals surface area (Å²) in [5.41, 5.74) is 7.51. The monoisotopic (exact) mass is 297 g/mol. The largest absolute Gasteiger partial charge is 0.493 e. The van der Waals surface area contributed by atoms with E-state index in [-0.39, 0.29) is 0 Å². The second kappa shape index (κ2) is 4.67. The van der Waals surface area contributed by atoms with E-state index in [1.807, 2.05) is 12.1 Å². The van der Waals surface area contributed by atoms with Crippen LogP contribution < -0.4 is 15.2 Å². The molecular formula is C11H12BrN3O2. The number of hydrogen-bond donors (Lipinski definition) is 2. The molecule has 1 aromatic carbocycles. The number of nitrogen functional groups attached to an aromatic ring is 1. The highest BCUT2D eigenvalue weighted by atomic mass is 79.9. The van der Waals surface area contributed by atoms with Gasteiger partial charge in [-0.2, -0.15) is 5.10 Å². The van der Waals surface area contributed by atoms with Crippen molar-refractivity contribution in [1.29, 1.82) is 0 Å². The van der Waals surface area contributed by atoms with Crippen LogP contribution in [0.2, 0.25) is 0 Å². The van der Waals surface area contributed by atoms with Gasteiger partial charge in [-0.1, -0.05) is 15.9 Å². The van der Waals surface area contributed by atoms with E-state index in [4.69, 9.17) is 15.2 Å². The molecule has 0 atom stereocenters. The molecule has 0 radical (unpaired) electrons. The molecule has 0 fully saturated rings. The van der Waals surface area contributed by atoms with E-state index >= 15 is 0 Å². The van der Waals surface area contributed by atoms with E-state index in [1.165, 1.54) is 0 Å². The number of benzene rings is 1. The smallest absolute Gasteiger partial charge is 0.161 e. The Morgan fingerprint density at radius 1 is 1.18 bits per heavy atom. The number of anilines is 1. The molecule has 0 spiro atoms. The molecule has 2 rings (SSSR count). The lowest BCUT2D eigenvalue weighted by Crippen LogP contribution is -1.93. The number of rotatable bonds is 3. The number of H-pyrrole nitrogens is 1. The molecule has 17 heavy (non-hydrogen) atoms. The lowest BCUT2D eigenvalue weighted by Gasteiger charge is -2.11. The predicted octanol–water partition coefficient (Wildman–Crippen LogP) is 2.44. The highest BCUT2D eigenvalue weighted by Crippen LogP contribution is 2.39. The van der Waals surface area contributed by atoms with Gasteiger partial charge in [-0.05, 0) is 12.1 Å². The fourth-order valence-corrected chi connectivity index (χ4v) is 2.11. The van der Waals surface area contributed by atoms with E-state index in [2.05, 4.69) is 26.1 Å². The Labute approximate surface area is 107 Å². The van der Waals surface area contributed by atoms with Crippen molar-refractivity contribution in [2.75, 3.05) is 20.0 Å². The van der Waals surface area contributed by atoms with Crippen molar-refractivity contribution in [3.05, 3.63) is 22.8 Å². The number of halogens is 1. The van der Waals surface area contributed by atoms with Crippen LogP contribution in [0.15, 0.2) is 22.8 Å². The van der Waals surface area contributed by atoms with Gasteiger partial charge in [0.25, 0.3) is 0 Å². The fourth-order valence-electron chi connectivity index (χ4n) is 1.57. The van der Waals surface area contributed by atoms with Crippen LogP contribution in [0.3, 0.4) is 0 Å². The maximum atomic E-state index is 5.79. The lowest BCUT2D eigenvalue weighted by atomic mass is 10.1. The Kier molecular flexibility index (Phi) is 3.23. The summed E-state index contributed by atoms with van der Waals surface area (Å²) in [5, 5.41) is 6.59. The molecule has 0 saturated heterocycles. The molecule has 1 aromatic heterocycles. The number of nitrogens with one attached hydrogen (secondary N) is 1. The quantitative estimate of drug-likeness (QED) is 0.913. The lowest BCUT2D eigenvalue weighted by molar-refractivity contribution is 0.355. The van der Waals surface area contributed by atoms with Gasteiger partial charge in [0.2, 0.25) is 0 Å². The molecule has 6 heteroatoms. The molecule has 0 saturated carbocycles. The molecule has 90 valence electrons. The third-order valence-corrected chi connectivity index (χ3v) is 3.09. The Morgan fingerprint density at radius 2 is 1.82 bits per heavy atom. The van der Waals surface area contributed by atoms with Crippen LogP contribution in [0.25, 0.3) is 11.1 Å². The molecule has 0 aliphatic heterocycles. The Bertz CT molecular complexity index is 540. The first-order valence-electron chi connectivity index (χ1n) is 4.88. The number of aromatic nitrogens is 2. The van der Waals surface area contributed by atoms with Gasteiger partial charge in [-0.25, -0.2) is 0 Å². The normalized spacial score (nSPS) is 10.3. The van der Waals surface area contributed by atoms with Crippen molar-refractivity contribution in [2.24, 2.45) is 0 Å². The van der Waals surface area contributed by atoms with Crippen LogP contribution >= 0.6 is 15.9 Å². The van der Waals surface area contributed by atoms with Crippen molar-refractivity contribution in [1.82, 2.24) is 10.2 Å². The number of aromatic amines is 1. The Balaban J connectivity index is 2.59. The summed E-state index contributed by atoms with van der Waals surface area (Å²) in [6.45, 7) is 0. The number of hydrogen-bond acceptors (Lipinski definition) is 4. The highest BCUT2D eigenvalue weighted by molar-refractivity contribution is 9.10. The van der Waals surface area contributed by atoms with Crippen molar-refractivity contribution in [2.45, 2.75) is 0 Å². The van der Waals surface area contributed by atoms with Crippen LogP contribution in [0.5, 0.6) is 11.5 Å². The number of nitrogens with two attached hydrogens (primary N) is 1. The summed E-state index contributed by atoms with van der Waals surface area (Å²) in [6.07, 6.45) is 1.67. The van der Waals surface area contributed by atoms with E-state index in [1.54, 1.807) is 20.4 Å². The number of ether oxygens (including phenoxy) is 2. The van der Waals surface area contributed by atoms with Gasteiger partial charge in [0.05, 0.1) is 20.4 Å². The van der Waals surface area contributed by atoms with Gasteiger partial charge in [-0.15, -0.1) is 0 Å². The van der Waals surface area contributed by atoms with Crippen molar-refractivity contribution in [3.8, 4) is 22.6 Å². The highest BCUT2D eigenvalue weighted by Gasteiger charge is 2.13. The molecule has 0 unspecified atom stereocenters.